The van der Waals surface area contributed by atoms with Crippen molar-refractivity contribution in [1.29, 1.82) is 0 Å². The summed E-state index contributed by atoms with van der Waals surface area (Å²) in [5.41, 5.74) is 0.936. The molecule has 5 heteroatoms. The van der Waals surface area contributed by atoms with Crippen LogP contribution in [0.25, 0.3) is 0 Å². The monoisotopic (exact) mass is 239 g/mol. The maximum absolute atomic E-state index is 13.1. The zero-order chi connectivity index (χ0) is 13.0. The number of halogens is 1. The minimum atomic E-state index is -1.17. The van der Waals surface area contributed by atoms with Crippen LogP contribution in [0.5, 0.6) is 0 Å². The van der Waals surface area contributed by atoms with Crippen LogP contribution in [0.4, 0.5) is 4.39 Å². The SMILES string of the molecule is CCN(C=O)C(C(=O)O)c1cc(F)ccc1C. The van der Waals surface area contributed by atoms with Crippen molar-refractivity contribution in [3.05, 3.63) is 35.1 Å². The number of benzene rings is 1. The van der Waals surface area contributed by atoms with Crippen LogP contribution in [-0.2, 0) is 9.59 Å². The Hall–Kier alpha value is -1.91. The van der Waals surface area contributed by atoms with Crippen molar-refractivity contribution in [2.75, 3.05) is 6.54 Å². The van der Waals surface area contributed by atoms with E-state index in [0.717, 1.165) is 11.0 Å². The normalized spacial score (nSPS) is 11.9. The average Bonchev–Trinajstić information content (AvgIpc) is 2.29. The lowest BCUT2D eigenvalue weighted by Gasteiger charge is -2.25. The summed E-state index contributed by atoms with van der Waals surface area (Å²) in [5.74, 6) is -1.69. The summed E-state index contributed by atoms with van der Waals surface area (Å²) < 4.78 is 13.1. The molecule has 0 aliphatic carbocycles. The molecule has 92 valence electrons. The van der Waals surface area contributed by atoms with Gasteiger partial charge in [-0.05, 0) is 37.1 Å². The summed E-state index contributed by atoms with van der Waals surface area (Å²) in [6.45, 7) is 3.60. The summed E-state index contributed by atoms with van der Waals surface area (Å²) in [4.78, 5) is 23.1. The van der Waals surface area contributed by atoms with Gasteiger partial charge in [0.15, 0.2) is 6.04 Å². The summed E-state index contributed by atoms with van der Waals surface area (Å²) in [7, 11) is 0. The summed E-state index contributed by atoms with van der Waals surface area (Å²) >= 11 is 0. The third kappa shape index (κ3) is 2.81. The lowest BCUT2D eigenvalue weighted by Crippen LogP contribution is -2.33. The second-order valence-corrected chi connectivity index (χ2v) is 3.68. The van der Waals surface area contributed by atoms with Crippen LogP contribution in [0.15, 0.2) is 18.2 Å². The van der Waals surface area contributed by atoms with E-state index >= 15 is 0 Å². The molecule has 0 aliphatic heterocycles. The Morgan fingerprint density at radius 3 is 2.71 bits per heavy atom. The van der Waals surface area contributed by atoms with E-state index in [1.54, 1.807) is 13.8 Å². The largest absolute Gasteiger partial charge is 0.479 e. The first-order valence-electron chi connectivity index (χ1n) is 5.21. The molecule has 1 amide bonds. The predicted octanol–water partition coefficient (Wildman–Crippen LogP) is 1.74. The van der Waals surface area contributed by atoms with E-state index in [2.05, 4.69) is 0 Å². The second kappa shape index (κ2) is 5.43. The molecule has 0 saturated carbocycles. The van der Waals surface area contributed by atoms with Crippen molar-refractivity contribution < 1.29 is 19.1 Å². The lowest BCUT2D eigenvalue weighted by molar-refractivity contribution is -0.146. The van der Waals surface area contributed by atoms with Crippen molar-refractivity contribution in [3.8, 4) is 0 Å². The van der Waals surface area contributed by atoms with Gasteiger partial charge in [-0.1, -0.05) is 6.07 Å². The molecule has 0 radical (unpaired) electrons. The molecule has 0 saturated heterocycles. The molecule has 17 heavy (non-hydrogen) atoms. The van der Waals surface area contributed by atoms with Gasteiger partial charge < -0.3 is 10.0 Å². The molecule has 1 unspecified atom stereocenters. The van der Waals surface area contributed by atoms with E-state index in [-0.39, 0.29) is 6.54 Å². The molecule has 0 aliphatic rings. The Bertz CT molecular complexity index is 434. The molecule has 0 bridgehead atoms. The number of aliphatic carboxylic acids is 1. The molecule has 1 atom stereocenters. The fraction of sp³-hybridized carbons (Fsp3) is 0.333. The summed E-state index contributed by atoms with van der Waals surface area (Å²) in [6.07, 6.45) is 0.461. The number of nitrogens with zero attached hydrogens (tertiary/aromatic N) is 1. The highest BCUT2D eigenvalue weighted by Gasteiger charge is 2.27. The van der Waals surface area contributed by atoms with E-state index in [1.165, 1.54) is 12.1 Å². The van der Waals surface area contributed by atoms with Crippen LogP contribution in [0.1, 0.15) is 24.1 Å². The van der Waals surface area contributed by atoms with E-state index in [1.807, 2.05) is 0 Å². The summed E-state index contributed by atoms with van der Waals surface area (Å²) in [6, 6.07) is 2.77. The average molecular weight is 239 g/mol. The number of aryl methyl sites for hydroxylation is 1. The maximum Gasteiger partial charge on any atom is 0.331 e. The van der Waals surface area contributed by atoms with Gasteiger partial charge in [0.05, 0.1) is 0 Å². The van der Waals surface area contributed by atoms with Crippen LogP contribution in [0, 0.1) is 12.7 Å². The molecule has 1 N–H and O–H groups in total. The van der Waals surface area contributed by atoms with E-state index in [4.69, 9.17) is 5.11 Å². The minimum absolute atomic E-state index is 0.246. The Morgan fingerprint density at radius 1 is 1.59 bits per heavy atom. The van der Waals surface area contributed by atoms with Crippen molar-refractivity contribution in [2.24, 2.45) is 0 Å². The van der Waals surface area contributed by atoms with Gasteiger partial charge in [-0.2, -0.15) is 0 Å². The number of rotatable bonds is 5. The number of carboxylic acids is 1. The highest BCUT2D eigenvalue weighted by molar-refractivity contribution is 5.78. The van der Waals surface area contributed by atoms with Gasteiger partial charge in [0.2, 0.25) is 6.41 Å². The van der Waals surface area contributed by atoms with Crippen molar-refractivity contribution >= 4 is 12.4 Å². The fourth-order valence-corrected chi connectivity index (χ4v) is 1.68. The molecule has 0 fully saturated rings. The van der Waals surface area contributed by atoms with E-state index in [0.29, 0.717) is 17.5 Å². The van der Waals surface area contributed by atoms with Crippen LogP contribution in [0.2, 0.25) is 0 Å². The quantitative estimate of drug-likeness (QED) is 0.796. The third-order valence-corrected chi connectivity index (χ3v) is 2.60. The van der Waals surface area contributed by atoms with E-state index < -0.39 is 17.8 Å². The Kier molecular flexibility index (Phi) is 4.20. The van der Waals surface area contributed by atoms with Gasteiger partial charge in [0.1, 0.15) is 5.82 Å². The Labute approximate surface area is 98.7 Å². The van der Waals surface area contributed by atoms with Gasteiger partial charge in [-0.3, -0.25) is 4.79 Å². The second-order valence-electron chi connectivity index (χ2n) is 3.68. The number of carboxylic acid groups (broad SMARTS) is 1. The molecule has 4 nitrogen and oxygen atoms in total. The molecular weight excluding hydrogens is 225 g/mol. The van der Waals surface area contributed by atoms with Crippen LogP contribution >= 0.6 is 0 Å². The number of carbonyl (C=O) groups excluding carboxylic acids is 1. The molecular formula is C12H14FNO3. The van der Waals surface area contributed by atoms with Gasteiger partial charge in [-0.25, -0.2) is 9.18 Å². The molecule has 1 aromatic carbocycles. The molecule has 0 aromatic heterocycles. The molecule has 0 spiro atoms. The van der Waals surface area contributed by atoms with Crippen molar-refractivity contribution in [1.82, 2.24) is 4.90 Å². The third-order valence-electron chi connectivity index (χ3n) is 2.60. The molecule has 1 rings (SSSR count). The molecule has 0 heterocycles. The summed E-state index contributed by atoms with van der Waals surface area (Å²) in [5, 5.41) is 9.15. The lowest BCUT2D eigenvalue weighted by atomic mass is 10.00. The standard InChI is InChI=1S/C12H14FNO3/c1-3-14(7-15)11(12(16)17)10-6-9(13)5-4-8(10)2/h4-7,11H,3H2,1-2H3,(H,16,17). The predicted molar refractivity (Wildman–Crippen MR) is 60.0 cm³/mol. The topological polar surface area (TPSA) is 57.6 Å². The van der Waals surface area contributed by atoms with E-state index in [9.17, 15) is 14.0 Å². The van der Waals surface area contributed by atoms with Gasteiger partial charge in [-0.15, -0.1) is 0 Å². The minimum Gasteiger partial charge on any atom is -0.479 e. The smallest absolute Gasteiger partial charge is 0.331 e. The highest BCUT2D eigenvalue weighted by Crippen LogP contribution is 2.24. The first-order valence-corrected chi connectivity index (χ1v) is 5.21. The zero-order valence-electron chi connectivity index (χ0n) is 9.68. The number of carbonyl (C=O) groups is 2. The van der Waals surface area contributed by atoms with Gasteiger partial charge in [0.25, 0.3) is 0 Å². The fourth-order valence-electron chi connectivity index (χ4n) is 1.68. The first kappa shape index (κ1) is 13.2. The number of likely N-dealkylation sites (N-methyl/N-ethyl adjacent to an activating group) is 1. The first-order chi connectivity index (χ1) is 8.01. The van der Waals surface area contributed by atoms with Crippen LogP contribution < -0.4 is 0 Å². The Balaban J connectivity index is 3.26. The number of hydrogen-bond donors (Lipinski definition) is 1. The van der Waals surface area contributed by atoms with Crippen molar-refractivity contribution in [2.45, 2.75) is 19.9 Å². The highest BCUT2D eigenvalue weighted by atomic mass is 19.1. The zero-order valence-corrected chi connectivity index (χ0v) is 9.68. The van der Waals surface area contributed by atoms with Crippen LogP contribution in [0.3, 0.4) is 0 Å². The number of amides is 1. The molecule has 1 aromatic rings. The number of hydrogen-bond acceptors (Lipinski definition) is 2. The Morgan fingerprint density at radius 2 is 2.24 bits per heavy atom. The van der Waals surface area contributed by atoms with Gasteiger partial charge >= 0.3 is 5.97 Å². The van der Waals surface area contributed by atoms with Crippen LogP contribution in [-0.4, -0.2) is 28.9 Å². The van der Waals surface area contributed by atoms with Gasteiger partial charge in [0, 0.05) is 6.54 Å². The maximum atomic E-state index is 13.1. The van der Waals surface area contributed by atoms with Crippen molar-refractivity contribution in [3.63, 3.8) is 0 Å².